The van der Waals surface area contributed by atoms with E-state index < -0.39 is 5.91 Å². The molecule has 3 N–H and O–H groups in total. The fraction of sp³-hybridized carbons (Fsp3) is 0.458. The number of nitrogens with zero attached hydrogens (tertiary/aromatic N) is 4. The number of rotatable bonds is 9. The van der Waals surface area contributed by atoms with Gasteiger partial charge < -0.3 is 24.8 Å². The van der Waals surface area contributed by atoms with E-state index in [0.717, 1.165) is 62.8 Å². The number of ether oxygens (including phenoxy) is 3. The van der Waals surface area contributed by atoms with E-state index in [0.29, 0.717) is 37.1 Å². The molecular formula is C24H32N6O4. The van der Waals surface area contributed by atoms with Crippen LogP contribution in [-0.2, 0) is 9.47 Å². The minimum atomic E-state index is -0.468. The number of hydrazone groups is 1. The summed E-state index contributed by atoms with van der Waals surface area (Å²) in [6.45, 7) is 9.62. The van der Waals surface area contributed by atoms with Gasteiger partial charge in [-0.3, -0.25) is 15.1 Å². The van der Waals surface area contributed by atoms with Gasteiger partial charge in [0.2, 0.25) is 11.8 Å². The molecule has 0 atom stereocenters. The smallest absolute Gasteiger partial charge is 0.248 e. The van der Waals surface area contributed by atoms with Crippen LogP contribution in [0.25, 0.3) is 0 Å². The zero-order chi connectivity index (χ0) is 23.8. The summed E-state index contributed by atoms with van der Waals surface area (Å²) in [7, 11) is 0. The molecule has 0 spiro atoms. The predicted octanol–water partition coefficient (Wildman–Crippen LogP) is 1.48. The molecule has 2 aliphatic rings. The Hall–Kier alpha value is -3.21. The molecule has 1 aromatic heterocycles. The maximum atomic E-state index is 11.5. The summed E-state index contributed by atoms with van der Waals surface area (Å²) in [5.74, 6) is 0.649. The molecule has 3 heterocycles. The number of carbonyl (C=O) groups is 1. The van der Waals surface area contributed by atoms with Crippen molar-refractivity contribution >= 4 is 23.6 Å². The SMILES string of the molecule is Cc1cc(/C=N/Nc2cc(N3CCOCC3)cc(OCCN3CCOCC3)n2)cc(C(N)=O)c1. The highest BCUT2D eigenvalue weighted by molar-refractivity contribution is 5.95. The number of anilines is 2. The Balaban J connectivity index is 1.45. The van der Waals surface area contributed by atoms with E-state index in [1.54, 1.807) is 18.3 Å². The van der Waals surface area contributed by atoms with E-state index in [1.165, 1.54) is 0 Å². The maximum absolute atomic E-state index is 11.5. The number of amides is 1. The first-order valence-corrected chi connectivity index (χ1v) is 11.5. The molecule has 2 saturated heterocycles. The van der Waals surface area contributed by atoms with Gasteiger partial charge in [-0.15, -0.1) is 0 Å². The van der Waals surface area contributed by atoms with Gasteiger partial charge in [0.25, 0.3) is 0 Å². The number of morpholine rings is 2. The summed E-state index contributed by atoms with van der Waals surface area (Å²) in [6, 6.07) is 9.29. The molecule has 0 bridgehead atoms. The number of aromatic nitrogens is 1. The zero-order valence-electron chi connectivity index (χ0n) is 19.5. The molecule has 10 nitrogen and oxygen atoms in total. The van der Waals surface area contributed by atoms with Crippen molar-refractivity contribution < 1.29 is 19.0 Å². The average molecular weight is 469 g/mol. The van der Waals surface area contributed by atoms with Crippen LogP contribution in [0.3, 0.4) is 0 Å². The Kier molecular flexibility index (Phi) is 8.29. The minimum Gasteiger partial charge on any atom is -0.476 e. The first kappa shape index (κ1) is 23.9. The first-order chi connectivity index (χ1) is 16.6. The Morgan fingerprint density at radius 1 is 1.12 bits per heavy atom. The fourth-order valence-electron chi connectivity index (χ4n) is 3.93. The molecule has 2 aliphatic heterocycles. The second kappa shape index (κ2) is 11.8. The molecule has 182 valence electrons. The molecule has 34 heavy (non-hydrogen) atoms. The number of aryl methyl sites for hydroxylation is 1. The van der Waals surface area contributed by atoms with Crippen LogP contribution < -0.4 is 20.8 Å². The van der Waals surface area contributed by atoms with Crippen molar-refractivity contribution in [2.45, 2.75) is 6.92 Å². The van der Waals surface area contributed by atoms with E-state index >= 15 is 0 Å². The van der Waals surface area contributed by atoms with Crippen LogP contribution in [-0.4, -0.2) is 87.8 Å². The van der Waals surface area contributed by atoms with Gasteiger partial charge in [0.15, 0.2) is 5.82 Å². The fourth-order valence-corrected chi connectivity index (χ4v) is 3.93. The van der Waals surface area contributed by atoms with Crippen molar-refractivity contribution in [3.05, 3.63) is 47.0 Å². The van der Waals surface area contributed by atoms with Crippen molar-refractivity contribution in [2.75, 3.05) is 76.1 Å². The third kappa shape index (κ3) is 6.89. The van der Waals surface area contributed by atoms with Crippen LogP contribution in [0.4, 0.5) is 11.5 Å². The minimum absolute atomic E-state index is 0.449. The zero-order valence-corrected chi connectivity index (χ0v) is 19.5. The van der Waals surface area contributed by atoms with E-state index in [4.69, 9.17) is 19.9 Å². The second-order valence-corrected chi connectivity index (χ2v) is 8.32. The molecule has 2 aromatic rings. The van der Waals surface area contributed by atoms with Crippen LogP contribution >= 0.6 is 0 Å². The highest BCUT2D eigenvalue weighted by Gasteiger charge is 2.15. The van der Waals surface area contributed by atoms with Crippen molar-refractivity contribution in [3.8, 4) is 5.88 Å². The van der Waals surface area contributed by atoms with E-state index in [-0.39, 0.29) is 0 Å². The number of pyridine rings is 1. The highest BCUT2D eigenvalue weighted by atomic mass is 16.5. The molecule has 2 fully saturated rings. The number of hydrogen-bond acceptors (Lipinski definition) is 9. The lowest BCUT2D eigenvalue weighted by molar-refractivity contribution is 0.0320. The third-order valence-electron chi connectivity index (χ3n) is 5.70. The Morgan fingerprint density at radius 2 is 1.85 bits per heavy atom. The summed E-state index contributed by atoms with van der Waals surface area (Å²) in [4.78, 5) is 20.7. The van der Waals surface area contributed by atoms with Gasteiger partial charge in [-0.2, -0.15) is 10.1 Å². The number of nitrogens with one attached hydrogen (secondary N) is 1. The lowest BCUT2D eigenvalue weighted by Crippen LogP contribution is -2.38. The molecule has 4 rings (SSSR count). The molecule has 0 radical (unpaired) electrons. The molecule has 1 aromatic carbocycles. The van der Waals surface area contributed by atoms with Crippen molar-refractivity contribution in [2.24, 2.45) is 10.8 Å². The molecule has 0 saturated carbocycles. The Morgan fingerprint density at radius 3 is 2.59 bits per heavy atom. The molecule has 1 amide bonds. The lowest BCUT2D eigenvalue weighted by atomic mass is 10.1. The summed E-state index contributed by atoms with van der Waals surface area (Å²) < 4.78 is 16.9. The van der Waals surface area contributed by atoms with Gasteiger partial charge in [-0.25, -0.2) is 0 Å². The maximum Gasteiger partial charge on any atom is 0.248 e. The highest BCUT2D eigenvalue weighted by Crippen LogP contribution is 2.25. The van der Waals surface area contributed by atoms with Gasteiger partial charge >= 0.3 is 0 Å². The summed E-state index contributed by atoms with van der Waals surface area (Å²) in [5, 5.41) is 4.32. The number of hydrogen-bond donors (Lipinski definition) is 2. The predicted molar refractivity (Wildman–Crippen MR) is 131 cm³/mol. The summed E-state index contributed by atoms with van der Waals surface area (Å²) in [5.41, 5.74) is 11.6. The van der Waals surface area contributed by atoms with E-state index in [1.807, 2.05) is 25.1 Å². The van der Waals surface area contributed by atoms with Crippen LogP contribution in [0.1, 0.15) is 21.5 Å². The first-order valence-electron chi connectivity index (χ1n) is 11.5. The van der Waals surface area contributed by atoms with Gasteiger partial charge in [0.05, 0.1) is 32.6 Å². The van der Waals surface area contributed by atoms with E-state index in [2.05, 4.69) is 25.3 Å². The second-order valence-electron chi connectivity index (χ2n) is 8.32. The quantitative estimate of drug-likeness (QED) is 0.420. The van der Waals surface area contributed by atoms with Crippen molar-refractivity contribution in [1.29, 1.82) is 0 Å². The van der Waals surface area contributed by atoms with Crippen molar-refractivity contribution in [3.63, 3.8) is 0 Å². The summed E-state index contributed by atoms with van der Waals surface area (Å²) in [6.07, 6.45) is 1.64. The number of primary amides is 1. The van der Waals surface area contributed by atoms with Gasteiger partial charge in [-0.1, -0.05) is 6.07 Å². The number of nitrogens with two attached hydrogens (primary N) is 1. The van der Waals surface area contributed by atoms with Crippen LogP contribution in [0, 0.1) is 6.92 Å². The largest absolute Gasteiger partial charge is 0.476 e. The Bertz CT molecular complexity index is 1000. The van der Waals surface area contributed by atoms with Crippen LogP contribution in [0.2, 0.25) is 0 Å². The van der Waals surface area contributed by atoms with Gasteiger partial charge in [-0.05, 0) is 30.2 Å². The molecular weight excluding hydrogens is 436 g/mol. The molecule has 0 unspecified atom stereocenters. The third-order valence-corrected chi connectivity index (χ3v) is 5.70. The summed E-state index contributed by atoms with van der Waals surface area (Å²) >= 11 is 0. The van der Waals surface area contributed by atoms with Crippen LogP contribution in [0.5, 0.6) is 5.88 Å². The van der Waals surface area contributed by atoms with Gasteiger partial charge in [0, 0.05) is 56.1 Å². The average Bonchev–Trinajstić information content (AvgIpc) is 2.85. The number of carbonyl (C=O) groups excluding carboxylic acids is 1. The topological polar surface area (TPSA) is 115 Å². The molecule has 10 heteroatoms. The van der Waals surface area contributed by atoms with Crippen LogP contribution in [0.15, 0.2) is 35.4 Å². The Labute approximate surface area is 199 Å². The lowest BCUT2D eigenvalue weighted by Gasteiger charge is -2.29. The van der Waals surface area contributed by atoms with E-state index in [9.17, 15) is 4.79 Å². The standard InChI is InChI=1S/C24H32N6O4/c1-18-12-19(14-20(13-18)24(25)31)17-26-28-22-15-21(30-5-9-33-10-6-30)16-23(27-22)34-11-4-29-2-7-32-8-3-29/h12-17H,2-11H2,1H3,(H2,25,31)(H,27,28)/b26-17+. The normalized spacial score (nSPS) is 17.1. The van der Waals surface area contributed by atoms with Crippen molar-refractivity contribution in [1.82, 2.24) is 9.88 Å². The van der Waals surface area contributed by atoms with Gasteiger partial charge in [0.1, 0.15) is 6.61 Å². The number of benzene rings is 1. The molecule has 0 aliphatic carbocycles. The monoisotopic (exact) mass is 468 g/mol.